The van der Waals surface area contributed by atoms with E-state index in [0.29, 0.717) is 17.5 Å². The molecule has 0 amide bonds. The Morgan fingerprint density at radius 1 is 1.30 bits per heavy atom. The van der Waals surface area contributed by atoms with E-state index in [1.165, 1.54) is 0 Å². The van der Waals surface area contributed by atoms with Crippen LogP contribution in [0, 0.1) is 0 Å². The zero-order valence-corrected chi connectivity index (χ0v) is 13.6. The van der Waals surface area contributed by atoms with Gasteiger partial charge in [0.2, 0.25) is 0 Å². The third kappa shape index (κ3) is 4.40. The smallest absolute Gasteiger partial charge is 0.172 e. The summed E-state index contributed by atoms with van der Waals surface area (Å²) in [7, 11) is 0. The number of aromatic nitrogens is 2. The summed E-state index contributed by atoms with van der Waals surface area (Å²) in [6.07, 6.45) is 2.40. The number of halogens is 2. The summed E-state index contributed by atoms with van der Waals surface area (Å²) in [5.41, 5.74) is 1.09. The average Bonchev–Trinajstić information content (AvgIpc) is 2.43. The summed E-state index contributed by atoms with van der Waals surface area (Å²) in [6.45, 7) is 0.688. The lowest BCUT2D eigenvalue weighted by molar-refractivity contribution is 0.872. The number of benzene rings is 1. The van der Waals surface area contributed by atoms with Gasteiger partial charge in [-0.05, 0) is 52.3 Å². The molecule has 2 N–H and O–H groups in total. The fourth-order valence-corrected chi connectivity index (χ4v) is 2.29. The number of rotatable bonds is 4. The van der Waals surface area contributed by atoms with Gasteiger partial charge >= 0.3 is 0 Å². The molecule has 7 heteroatoms. The van der Waals surface area contributed by atoms with E-state index >= 15 is 0 Å². The highest BCUT2D eigenvalue weighted by atomic mass is 79.9. The highest BCUT2D eigenvalue weighted by Gasteiger charge is 2.04. The Labute approximate surface area is 136 Å². The van der Waals surface area contributed by atoms with Crippen LogP contribution in [0.25, 0.3) is 0 Å². The Balaban J connectivity index is 1.82. The topological polar surface area (TPSA) is 49.8 Å². The molecule has 1 heterocycles. The standard InChI is InChI=1S/C13H12BrClN4S/c14-10-6-8-17-19-12(10)18-13(20)16-7-5-9-3-1-2-4-11(9)15/h1-4,6,8H,5,7H2,(H2,16,18,19,20). The van der Waals surface area contributed by atoms with Crippen LogP contribution in [-0.4, -0.2) is 21.9 Å². The van der Waals surface area contributed by atoms with Crippen molar-refractivity contribution in [2.45, 2.75) is 6.42 Å². The number of nitrogens with one attached hydrogen (secondary N) is 2. The van der Waals surface area contributed by atoms with Crippen LogP contribution in [0.1, 0.15) is 5.56 Å². The van der Waals surface area contributed by atoms with Crippen LogP contribution >= 0.6 is 39.7 Å². The van der Waals surface area contributed by atoms with Gasteiger partial charge in [-0.15, -0.1) is 5.10 Å². The van der Waals surface area contributed by atoms with E-state index in [1.54, 1.807) is 12.3 Å². The van der Waals surface area contributed by atoms with Gasteiger partial charge in [0.1, 0.15) is 0 Å². The molecule has 1 aromatic carbocycles. The predicted molar refractivity (Wildman–Crippen MR) is 89.1 cm³/mol. The third-order valence-electron chi connectivity index (χ3n) is 2.54. The van der Waals surface area contributed by atoms with Crippen LogP contribution in [0.5, 0.6) is 0 Å². The van der Waals surface area contributed by atoms with Crippen molar-refractivity contribution >= 4 is 50.7 Å². The number of nitrogens with zero attached hydrogens (tertiary/aromatic N) is 2. The number of anilines is 1. The van der Waals surface area contributed by atoms with E-state index in [-0.39, 0.29) is 0 Å². The lowest BCUT2D eigenvalue weighted by Crippen LogP contribution is -2.30. The zero-order valence-electron chi connectivity index (χ0n) is 10.4. The Morgan fingerprint density at radius 2 is 2.10 bits per heavy atom. The summed E-state index contributed by atoms with van der Waals surface area (Å²) in [4.78, 5) is 0. The minimum absolute atomic E-state index is 0.498. The van der Waals surface area contributed by atoms with Crippen LogP contribution in [0.2, 0.25) is 5.02 Å². The van der Waals surface area contributed by atoms with E-state index in [2.05, 4.69) is 36.8 Å². The molecule has 0 aliphatic rings. The van der Waals surface area contributed by atoms with Gasteiger partial charge in [0, 0.05) is 11.6 Å². The molecule has 2 aromatic rings. The van der Waals surface area contributed by atoms with Crippen molar-refractivity contribution in [2.75, 3.05) is 11.9 Å². The second kappa shape index (κ2) is 7.52. The summed E-state index contributed by atoms with van der Waals surface area (Å²) >= 11 is 14.7. The molecule has 0 aliphatic carbocycles. The highest BCUT2D eigenvalue weighted by Crippen LogP contribution is 2.17. The van der Waals surface area contributed by atoms with Crippen molar-refractivity contribution in [1.29, 1.82) is 0 Å². The SMILES string of the molecule is S=C(NCCc1ccccc1Cl)Nc1nnccc1Br. The summed E-state index contributed by atoms with van der Waals surface area (Å²) in [5.74, 6) is 0.586. The van der Waals surface area contributed by atoms with Crippen LogP contribution < -0.4 is 10.6 Å². The average molecular weight is 372 g/mol. The molecule has 4 nitrogen and oxygen atoms in total. The van der Waals surface area contributed by atoms with Crippen molar-refractivity contribution in [1.82, 2.24) is 15.5 Å². The Hall–Kier alpha value is -1.24. The second-order valence-electron chi connectivity index (χ2n) is 3.95. The fourth-order valence-electron chi connectivity index (χ4n) is 1.56. The first-order chi connectivity index (χ1) is 9.66. The van der Waals surface area contributed by atoms with Crippen molar-refractivity contribution in [2.24, 2.45) is 0 Å². The van der Waals surface area contributed by atoms with Gasteiger partial charge in [-0.1, -0.05) is 29.8 Å². The van der Waals surface area contributed by atoms with Crippen molar-refractivity contribution in [3.05, 3.63) is 51.6 Å². The van der Waals surface area contributed by atoms with Crippen molar-refractivity contribution < 1.29 is 0 Å². The maximum Gasteiger partial charge on any atom is 0.172 e. The van der Waals surface area contributed by atoms with Gasteiger partial charge in [0.05, 0.1) is 10.7 Å². The molecule has 20 heavy (non-hydrogen) atoms. The van der Waals surface area contributed by atoms with Gasteiger partial charge in [0.15, 0.2) is 10.9 Å². The predicted octanol–water partition coefficient (Wildman–Crippen LogP) is 3.42. The molecule has 0 bridgehead atoms. The lowest BCUT2D eigenvalue weighted by atomic mass is 10.1. The molecule has 0 spiro atoms. The van der Waals surface area contributed by atoms with E-state index in [4.69, 9.17) is 23.8 Å². The highest BCUT2D eigenvalue weighted by molar-refractivity contribution is 9.10. The maximum atomic E-state index is 6.09. The molecule has 0 saturated carbocycles. The number of thiocarbonyl (C=S) groups is 1. The van der Waals surface area contributed by atoms with Gasteiger partial charge in [-0.2, -0.15) is 5.10 Å². The first-order valence-electron chi connectivity index (χ1n) is 5.92. The van der Waals surface area contributed by atoms with E-state index in [9.17, 15) is 0 Å². The Kier molecular flexibility index (Phi) is 5.70. The third-order valence-corrected chi connectivity index (χ3v) is 3.80. The largest absolute Gasteiger partial charge is 0.362 e. The normalized spacial score (nSPS) is 10.1. The molecule has 104 valence electrons. The van der Waals surface area contributed by atoms with Crippen molar-refractivity contribution in [3.8, 4) is 0 Å². The molecule has 0 saturated heterocycles. The Bertz CT molecular complexity index is 608. The fraction of sp³-hybridized carbons (Fsp3) is 0.154. The molecule has 0 atom stereocenters. The number of hydrogen-bond donors (Lipinski definition) is 2. The minimum atomic E-state index is 0.498. The van der Waals surface area contributed by atoms with Gasteiger partial charge in [-0.25, -0.2) is 0 Å². The summed E-state index contributed by atoms with van der Waals surface area (Å²) < 4.78 is 0.808. The monoisotopic (exact) mass is 370 g/mol. The number of hydrogen-bond acceptors (Lipinski definition) is 3. The molecular formula is C13H12BrClN4S. The molecule has 0 aliphatic heterocycles. The molecule has 1 aromatic heterocycles. The van der Waals surface area contributed by atoms with Crippen LogP contribution in [0.3, 0.4) is 0 Å². The van der Waals surface area contributed by atoms with E-state index < -0.39 is 0 Å². The van der Waals surface area contributed by atoms with Gasteiger partial charge < -0.3 is 10.6 Å². The van der Waals surface area contributed by atoms with Gasteiger partial charge in [0.25, 0.3) is 0 Å². The molecule has 0 unspecified atom stereocenters. The van der Waals surface area contributed by atoms with E-state index in [0.717, 1.165) is 21.5 Å². The summed E-state index contributed by atoms with van der Waals surface area (Å²) in [5, 5.41) is 15.1. The van der Waals surface area contributed by atoms with Gasteiger partial charge in [-0.3, -0.25) is 0 Å². The first-order valence-corrected chi connectivity index (χ1v) is 7.50. The first kappa shape index (κ1) is 15.2. The quantitative estimate of drug-likeness (QED) is 0.807. The van der Waals surface area contributed by atoms with Crippen LogP contribution in [0.15, 0.2) is 41.0 Å². The van der Waals surface area contributed by atoms with Crippen molar-refractivity contribution in [3.63, 3.8) is 0 Å². The summed E-state index contributed by atoms with van der Waals surface area (Å²) in [6, 6.07) is 9.55. The Morgan fingerprint density at radius 3 is 2.85 bits per heavy atom. The molecule has 2 rings (SSSR count). The van der Waals surface area contributed by atoms with Crippen LogP contribution in [-0.2, 0) is 6.42 Å². The van der Waals surface area contributed by atoms with Crippen LogP contribution in [0.4, 0.5) is 5.82 Å². The maximum absolute atomic E-state index is 6.09. The molecular weight excluding hydrogens is 360 g/mol. The lowest BCUT2D eigenvalue weighted by Gasteiger charge is -2.10. The minimum Gasteiger partial charge on any atom is -0.362 e. The second-order valence-corrected chi connectivity index (χ2v) is 5.62. The zero-order chi connectivity index (χ0) is 14.4. The molecule has 0 radical (unpaired) electrons. The molecule has 0 fully saturated rings. The van der Waals surface area contributed by atoms with E-state index in [1.807, 2.05) is 24.3 Å².